The van der Waals surface area contributed by atoms with Gasteiger partial charge in [-0.25, -0.2) is 0 Å². The lowest BCUT2D eigenvalue weighted by molar-refractivity contribution is -0.384. The zero-order chi connectivity index (χ0) is 13.3. The SMILES string of the molecule is CN(C)C(=O)CC1COc2ccc([N+](=O)[O-])cc21. The summed E-state index contributed by atoms with van der Waals surface area (Å²) in [5, 5.41) is 10.7. The second-order valence-electron chi connectivity index (χ2n) is 4.48. The van der Waals surface area contributed by atoms with E-state index < -0.39 is 4.92 Å². The highest BCUT2D eigenvalue weighted by Gasteiger charge is 2.28. The van der Waals surface area contributed by atoms with Crippen molar-refractivity contribution in [2.24, 2.45) is 0 Å². The Balaban J connectivity index is 2.23. The number of carbonyl (C=O) groups is 1. The zero-order valence-electron chi connectivity index (χ0n) is 10.3. The van der Waals surface area contributed by atoms with Gasteiger partial charge in [-0.15, -0.1) is 0 Å². The molecule has 1 amide bonds. The Morgan fingerprint density at radius 1 is 1.56 bits per heavy atom. The lowest BCUT2D eigenvalue weighted by Gasteiger charge is -2.13. The summed E-state index contributed by atoms with van der Waals surface area (Å²) in [5.41, 5.74) is 0.779. The van der Waals surface area contributed by atoms with Crippen LogP contribution in [0.3, 0.4) is 0 Å². The molecule has 18 heavy (non-hydrogen) atoms. The molecule has 1 aliphatic rings. The first-order chi connectivity index (χ1) is 8.49. The summed E-state index contributed by atoms with van der Waals surface area (Å²) >= 11 is 0. The maximum absolute atomic E-state index is 11.7. The molecule has 0 aromatic heterocycles. The van der Waals surface area contributed by atoms with Gasteiger partial charge in [0.2, 0.25) is 5.91 Å². The first kappa shape index (κ1) is 12.3. The van der Waals surface area contributed by atoms with E-state index >= 15 is 0 Å². The highest BCUT2D eigenvalue weighted by atomic mass is 16.6. The molecule has 0 bridgehead atoms. The highest BCUT2D eigenvalue weighted by Crippen LogP contribution is 2.38. The minimum atomic E-state index is -0.441. The van der Waals surface area contributed by atoms with Crippen molar-refractivity contribution < 1.29 is 14.5 Å². The molecule has 6 heteroatoms. The number of rotatable bonds is 3. The van der Waals surface area contributed by atoms with Crippen LogP contribution < -0.4 is 4.74 Å². The number of nitro benzene ring substituents is 1. The molecule has 96 valence electrons. The molecule has 1 aliphatic heterocycles. The molecule has 1 aromatic carbocycles. The van der Waals surface area contributed by atoms with Crippen molar-refractivity contribution in [1.82, 2.24) is 4.90 Å². The van der Waals surface area contributed by atoms with E-state index in [9.17, 15) is 14.9 Å². The van der Waals surface area contributed by atoms with Crippen LogP contribution in [0.1, 0.15) is 17.9 Å². The normalized spacial score (nSPS) is 16.9. The molecule has 0 radical (unpaired) electrons. The number of fused-ring (bicyclic) bond motifs is 1. The second kappa shape index (κ2) is 4.64. The molecule has 1 heterocycles. The molecular formula is C12H14N2O4. The van der Waals surface area contributed by atoms with Crippen molar-refractivity contribution in [2.45, 2.75) is 12.3 Å². The minimum absolute atomic E-state index is 0.0112. The van der Waals surface area contributed by atoms with Gasteiger partial charge in [0.1, 0.15) is 5.75 Å². The van der Waals surface area contributed by atoms with Gasteiger partial charge in [-0.05, 0) is 6.07 Å². The van der Waals surface area contributed by atoms with E-state index in [1.807, 2.05) is 0 Å². The van der Waals surface area contributed by atoms with Crippen LogP contribution in [-0.2, 0) is 4.79 Å². The predicted molar refractivity (Wildman–Crippen MR) is 64.6 cm³/mol. The summed E-state index contributed by atoms with van der Waals surface area (Å²) in [6.07, 6.45) is 0.307. The third kappa shape index (κ3) is 2.27. The number of nitrogens with zero attached hydrogens (tertiary/aromatic N) is 2. The van der Waals surface area contributed by atoms with E-state index in [4.69, 9.17) is 4.74 Å². The lowest BCUT2D eigenvalue weighted by Crippen LogP contribution is -2.24. The van der Waals surface area contributed by atoms with Crippen molar-refractivity contribution in [3.63, 3.8) is 0 Å². The summed E-state index contributed by atoms with van der Waals surface area (Å²) in [7, 11) is 3.37. The molecule has 0 aliphatic carbocycles. The Labute approximate surface area is 104 Å². The van der Waals surface area contributed by atoms with E-state index in [0.29, 0.717) is 18.8 Å². The smallest absolute Gasteiger partial charge is 0.269 e. The number of non-ortho nitro benzene ring substituents is 1. The number of hydrogen-bond acceptors (Lipinski definition) is 4. The van der Waals surface area contributed by atoms with Gasteiger partial charge in [0.05, 0.1) is 11.5 Å². The molecule has 2 rings (SSSR count). The third-order valence-electron chi connectivity index (χ3n) is 3.00. The Morgan fingerprint density at radius 3 is 2.89 bits per heavy atom. The van der Waals surface area contributed by atoms with Gasteiger partial charge >= 0.3 is 0 Å². The molecular weight excluding hydrogens is 236 g/mol. The van der Waals surface area contributed by atoms with Crippen LogP contribution >= 0.6 is 0 Å². The van der Waals surface area contributed by atoms with Crippen molar-refractivity contribution in [1.29, 1.82) is 0 Å². The monoisotopic (exact) mass is 250 g/mol. The van der Waals surface area contributed by atoms with Crippen LogP contribution in [0.15, 0.2) is 18.2 Å². The van der Waals surface area contributed by atoms with E-state index in [0.717, 1.165) is 5.56 Å². The molecule has 6 nitrogen and oxygen atoms in total. The molecule has 1 aromatic rings. The number of benzene rings is 1. The molecule has 1 atom stereocenters. The predicted octanol–water partition coefficient (Wildman–Crippen LogP) is 1.55. The highest BCUT2D eigenvalue weighted by molar-refractivity contribution is 5.77. The van der Waals surface area contributed by atoms with Crippen LogP contribution in [0.2, 0.25) is 0 Å². The number of hydrogen-bond donors (Lipinski definition) is 0. The Hall–Kier alpha value is -2.11. The quantitative estimate of drug-likeness (QED) is 0.602. The first-order valence-electron chi connectivity index (χ1n) is 5.60. The summed E-state index contributed by atoms with van der Waals surface area (Å²) in [6, 6.07) is 4.50. The van der Waals surface area contributed by atoms with Gasteiger partial charge in [-0.2, -0.15) is 0 Å². The van der Waals surface area contributed by atoms with Crippen LogP contribution in [0, 0.1) is 10.1 Å². The fourth-order valence-electron chi connectivity index (χ4n) is 1.94. The number of amides is 1. The number of carbonyl (C=O) groups excluding carboxylic acids is 1. The largest absolute Gasteiger partial charge is 0.493 e. The topological polar surface area (TPSA) is 72.7 Å². The number of nitro groups is 1. The average molecular weight is 250 g/mol. The van der Waals surface area contributed by atoms with Crippen molar-refractivity contribution >= 4 is 11.6 Å². The van der Waals surface area contributed by atoms with E-state index in [2.05, 4.69) is 0 Å². The fourth-order valence-corrected chi connectivity index (χ4v) is 1.94. The maximum atomic E-state index is 11.7. The van der Waals surface area contributed by atoms with Gasteiger partial charge in [0.25, 0.3) is 5.69 Å². The average Bonchev–Trinajstić information content (AvgIpc) is 2.71. The molecule has 0 saturated carbocycles. The zero-order valence-corrected chi connectivity index (χ0v) is 10.3. The van der Waals surface area contributed by atoms with Gasteiger partial charge in [-0.3, -0.25) is 14.9 Å². The Morgan fingerprint density at radius 2 is 2.28 bits per heavy atom. The van der Waals surface area contributed by atoms with Gasteiger partial charge < -0.3 is 9.64 Å². The van der Waals surface area contributed by atoms with Crippen molar-refractivity contribution in [2.75, 3.05) is 20.7 Å². The van der Waals surface area contributed by atoms with Gasteiger partial charge in [0, 0.05) is 44.1 Å². The molecule has 0 spiro atoms. The minimum Gasteiger partial charge on any atom is -0.493 e. The molecule has 1 unspecified atom stereocenters. The lowest BCUT2D eigenvalue weighted by atomic mass is 9.97. The van der Waals surface area contributed by atoms with Crippen LogP contribution in [-0.4, -0.2) is 36.4 Å². The third-order valence-corrected chi connectivity index (χ3v) is 3.00. The van der Waals surface area contributed by atoms with Gasteiger partial charge in [-0.1, -0.05) is 0 Å². The van der Waals surface area contributed by atoms with Crippen molar-refractivity contribution in [3.8, 4) is 5.75 Å². The van der Waals surface area contributed by atoms with E-state index in [1.54, 1.807) is 20.2 Å². The first-order valence-corrected chi connectivity index (χ1v) is 5.60. The number of ether oxygens (including phenoxy) is 1. The van der Waals surface area contributed by atoms with Crippen LogP contribution in [0.5, 0.6) is 5.75 Å². The summed E-state index contributed by atoms with van der Waals surface area (Å²) in [6.45, 7) is 0.399. The molecule has 0 fully saturated rings. The van der Waals surface area contributed by atoms with E-state index in [1.165, 1.54) is 17.0 Å². The van der Waals surface area contributed by atoms with Gasteiger partial charge in [0.15, 0.2) is 0 Å². The molecule has 0 N–H and O–H groups in total. The standard InChI is InChI=1S/C12H14N2O4/c1-13(2)12(15)5-8-7-18-11-4-3-9(14(16)17)6-10(8)11/h3-4,6,8H,5,7H2,1-2H3. The Bertz CT molecular complexity index is 499. The fraction of sp³-hybridized carbons (Fsp3) is 0.417. The molecule has 0 saturated heterocycles. The van der Waals surface area contributed by atoms with Crippen molar-refractivity contribution in [3.05, 3.63) is 33.9 Å². The Kier molecular flexibility index (Phi) is 3.18. The second-order valence-corrected chi connectivity index (χ2v) is 4.48. The maximum Gasteiger partial charge on any atom is 0.269 e. The van der Waals surface area contributed by atoms with Crippen LogP contribution in [0.4, 0.5) is 5.69 Å². The van der Waals surface area contributed by atoms with E-state index in [-0.39, 0.29) is 17.5 Å². The summed E-state index contributed by atoms with van der Waals surface area (Å²) < 4.78 is 5.43. The summed E-state index contributed by atoms with van der Waals surface area (Å²) in [5.74, 6) is 0.523. The summed E-state index contributed by atoms with van der Waals surface area (Å²) in [4.78, 5) is 23.5. The van der Waals surface area contributed by atoms with Crippen LogP contribution in [0.25, 0.3) is 0 Å².